The van der Waals surface area contributed by atoms with E-state index in [-0.39, 0.29) is 5.91 Å². The summed E-state index contributed by atoms with van der Waals surface area (Å²) in [5, 5.41) is 5.94. The average molecular weight is 281 g/mol. The van der Waals surface area contributed by atoms with Gasteiger partial charge in [-0.15, -0.1) is 0 Å². The standard InChI is InChI=1S/C13H23N5O2/c1-18(2)7-6-14-12-9-11(16-10-17-12)13(19)15-5-4-8-20-3/h9-10H,4-8H2,1-3H3,(H,15,19)(H,14,16,17). The van der Waals surface area contributed by atoms with Crippen LogP contribution in [-0.2, 0) is 4.74 Å². The monoisotopic (exact) mass is 281 g/mol. The second-order valence-electron chi connectivity index (χ2n) is 4.62. The van der Waals surface area contributed by atoms with Gasteiger partial charge in [0.1, 0.15) is 17.8 Å². The Morgan fingerprint density at radius 3 is 2.85 bits per heavy atom. The van der Waals surface area contributed by atoms with Crippen LogP contribution in [0.25, 0.3) is 0 Å². The Balaban J connectivity index is 2.43. The first-order valence-electron chi connectivity index (χ1n) is 6.61. The number of hydrogen-bond acceptors (Lipinski definition) is 6. The zero-order valence-electron chi connectivity index (χ0n) is 12.3. The summed E-state index contributed by atoms with van der Waals surface area (Å²) in [6.45, 7) is 2.85. The molecule has 1 aromatic heterocycles. The van der Waals surface area contributed by atoms with Crippen molar-refractivity contribution in [3.05, 3.63) is 18.1 Å². The first-order chi connectivity index (χ1) is 9.63. The molecule has 7 nitrogen and oxygen atoms in total. The molecule has 0 bridgehead atoms. The van der Waals surface area contributed by atoms with Crippen LogP contribution >= 0.6 is 0 Å². The summed E-state index contributed by atoms with van der Waals surface area (Å²) < 4.78 is 4.92. The summed E-state index contributed by atoms with van der Waals surface area (Å²) in [4.78, 5) is 22.0. The van der Waals surface area contributed by atoms with E-state index in [4.69, 9.17) is 4.74 Å². The predicted octanol–water partition coefficient (Wildman–Crippen LogP) is 0.216. The van der Waals surface area contributed by atoms with E-state index in [0.717, 1.165) is 19.5 Å². The normalized spacial score (nSPS) is 10.6. The van der Waals surface area contributed by atoms with Gasteiger partial charge in [-0.05, 0) is 20.5 Å². The van der Waals surface area contributed by atoms with Crippen molar-refractivity contribution in [3.8, 4) is 0 Å². The Hall–Kier alpha value is -1.73. The van der Waals surface area contributed by atoms with Crippen LogP contribution < -0.4 is 10.6 Å². The van der Waals surface area contributed by atoms with E-state index >= 15 is 0 Å². The molecule has 7 heteroatoms. The van der Waals surface area contributed by atoms with Gasteiger partial charge >= 0.3 is 0 Å². The van der Waals surface area contributed by atoms with Gasteiger partial charge in [-0.1, -0.05) is 0 Å². The molecular weight excluding hydrogens is 258 g/mol. The van der Waals surface area contributed by atoms with Crippen LogP contribution in [0.1, 0.15) is 16.9 Å². The minimum atomic E-state index is -0.195. The second kappa shape index (κ2) is 9.22. The highest BCUT2D eigenvalue weighted by Crippen LogP contribution is 2.03. The summed E-state index contributed by atoms with van der Waals surface area (Å²) in [5.74, 6) is 0.461. The number of carbonyl (C=O) groups excluding carboxylic acids is 1. The number of nitrogens with zero attached hydrogens (tertiary/aromatic N) is 3. The number of anilines is 1. The van der Waals surface area contributed by atoms with E-state index in [1.807, 2.05) is 14.1 Å². The number of aromatic nitrogens is 2. The van der Waals surface area contributed by atoms with Crippen LogP contribution in [0.4, 0.5) is 5.82 Å². The summed E-state index contributed by atoms with van der Waals surface area (Å²) in [6, 6.07) is 1.65. The lowest BCUT2D eigenvalue weighted by Crippen LogP contribution is -2.26. The molecule has 0 atom stereocenters. The van der Waals surface area contributed by atoms with Gasteiger partial charge in [-0.2, -0.15) is 0 Å². The number of amides is 1. The molecule has 0 spiro atoms. The minimum absolute atomic E-state index is 0.195. The predicted molar refractivity (Wildman–Crippen MR) is 77.9 cm³/mol. The Morgan fingerprint density at radius 2 is 2.15 bits per heavy atom. The third-order valence-electron chi connectivity index (χ3n) is 2.58. The Labute approximate surface area is 119 Å². The van der Waals surface area contributed by atoms with E-state index in [0.29, 0.717) is 24.7 Å². The number of rotatable bonds is 9. The molecule has 1 heterocycles. The minimum Gasteiger partial charge on any atom is -0.385 e. The number of hydrogen-bond donors (Lipinski definition) is 2. The molecule has 1 amide bonds. The highest BCUT2D eigenvalue weighted by Gasteiger charge is 2.07. The van der Waals surface area contributed by atoms with Crippen molar-refractivity contribution in [2.24, 2.45) is 0 Å². The Kier molecular flexibility index (Phi) is 7.52. The molecule has 1 rings (SSSR count). The lowest BCUT2D eigenvalue weighted by Gasteiger charge is -2.11. The zero-order valence-corrected chi connectivity index (χ0v) is 12.3. The molecule has 20 heavy (non-hydrogen) atoms. The van der Waals surface area contributed by atoms with Gasteiger partial charge in [0.15, 0.2) is 0 Å². The van der Waals surface area contributed by atoms with Crippen molar-refractivity contribution in [2.75, 3.05) is 52.8 Å². The van der Waals surface area contributed by atoms with Crippen LogP contribution in [0.2, 0.25) is 0 Å². The third kappa shape index (κ3) is 6.44. The first kappa shape index (κ1) is 16.3. The van der Waals surface area contributed by atoms with E-state index in [2.05, 4.69) is 25.5 Å². The molecule has 0 radical (unpaired) electrons. The molecule has 0 unspecified atom stereocenters. The van der Waals surface area contributed by atoms with Gasteiger partial charge in [-0.25, -0.2) is 9.97 Å². The molecule has 0 saturated carbocycles. The van der Waals surface area contributed by atoms with Gasteiger partial charge in [0, 0.05) is 39.4 Å². The SMILES string of the molecule is COCCCNC(=O)c1cc(NCCN(C)C)ncn1. The Morgan fingerprint density at radius 1 is 1.35 bits per heavy atom. The van der Waals surface area contributed by atoms with Crippen molar-refractivity contribution >= 4 is 11.7 Å². The van der Waals surface area contributed by atoms with Gasteiger partial charge in [-0.3, -0.25) is 4.79 Å². The van der Waals surface area contributed by atoms with Gasteiger partial charge in [0.05, 0.1) is 0 Å². The summed E-state index contributed by atoms with van der Waals surface area (Å²) >= 11 is 0. The topological polar surface area (TPSA) is 79.4 Å². The lowest BCUT2D eigenvalue weighted by atomic mass is 10.3. The fraction of sp³-hybridized carbons (Fsp3) is 0.615. The number of likely N-dealkylation sites (N-methyl/N-ethyl adjacent to an activating group) is 1. The molecule has 112 valence electrons. The summed E-state index contributed by atoms with van der Waals surface area (Å²) in [5.41, 5.74) is 0.366. The zero-order chi connectivity index (χ0) is 14.8. The highest BCUT2D eigenvalue weighted by molar-refractivity contribution is 5.92. The van der Waals surface area contributed by atoms with Crippen molar-refractivity contribution in [3.63, 3.8) is 0 Å². The summed E-state index contributed by atoms with van der Waals surface area (Å²) in [6.07, 6.45) is 2.17. The van der Waals surface area contributed by atoms with Gasteiger partial charge in [0.25, 0.3) is 5.91 Å². The van der Waals surface area contributed by atoms with Crippen LogP contribution in [0.3, 0.4) is 0 Å². The fourth-order valence-corrected chi connectivity index (χ4v) is 1.49. The second-order valence-corrected chi connectivity index (χ2v) is 4.62. The van der Waals surface area contributed by atoms with E-state index in [1.54, 1.807) is 13.2 Å². The van der Waals surface area contributed by atoms with Crippen molar-refractivity contribution < 1.29 is 9.53 Å². The molecule has 2 N–H and O–H groups in total. The first-order valence-corrected chi connectivity index (χ1v) is 6.61. The molecule has 0 aliphatic carbocycles. The number of carbonyl (C=O) groups is 1. The van der Waals surface area contributed by atoms with Crippen LogP contribution in [-0.4, -0.2) is 68.2 Å². The van der Waals surface area contributed by atoms with Crippen molar-refractivity contribution in [2.45, 2.75) is 6.42 Å². The smallest absolute Gasteiger partial charge is 0.270 e. The van der Waals surface area contributed by atoms with E-state index in [9.17, 15) is 4.79 Å². The molecule has 0 aromatic carbocycles. The summed E-state index contributed by atoms with van der Waals surface area (Å²) in [7, 11) is 5.64. The maximum atomic E-state index is 11.9. The average Bonchev–Trinajstić information content (AvgIpc) is 2.43. The maximum Gasteiger partial charge on any atom is 0.270 e. The maximum absolute atomic E-state index is 11.9. The largest absolute Gasteiger partial charge is 0.385 e. The Bertz CT molecular complexity index is 412. The number of methoxy groups -OCH3 is 1. The number of nitrogens with one attached hydrogen (secondary N) is 2. The lowest BCUT2D eigenvalue weighted by molar-refractivity contribution is 0.0943. The van der Waals surface area contributed by atoms with E-state index < -0.39 is 0 Å². The molecule has 0 fully saturated rings. The van der Waals surface area contributed by atoms with Crippen LogP contribution in [0, 0.1) is 0 Å². The molecule has 0 saturated heterocycles. The number of ether oxygens (including phenoxy) is 1. The van der Waals surface area contributed by atoms with Crippen molar-refractivity contribution in [1.29, 1.82) is 0 Å². The molecule has 0 aliphatic heterocycles. The highest BCUT2D eigenvalue weighted by atomic mass is 16.5. The van der Waals surface area contributed by atoms with Gasteiger partial charge < -0.3 is 20.3 Å². The quantitative estimate of drug-likeness (QED) is 0.630. The van der Waals surface area contributed by atoms with Crippen LogP contribution in [0.5, 0.6) is 0 Å². The molecule has 0 aliphatic rings. The molecular formula is C13H23N5O2. The van der Waals surface area contributed by atoms with Crippen LogP contribution in [0.15, 0.2) is 12.4 Å². The third-order valence-corrected chi connectivity index (χ3v) is 2.58. The molecule has 1 aromatic rings. The van der Waals surface area contributed by atoms with Crippen molar-refractivity contribution in [1.82, 2.24) is 20.2 Å². The van der Waals surface area contributed by atoms with E-state index in [1.165, 1.54) is 6.33 Å². The fourth-order valence-electron chi connectivity index (χ4n) is 1.49. The van der Waals surface area contributed by atoms with Gasteiger partial charge in [0.2, 0.25) is 0 Å².